The second kappa shape index (κ2) is 13.9. The molecule has 2 N–H and O–H groups in total. The van der Waals surface area contributed by atoms with Gasteiger partial charge in [-0.25, -0.2) is 4.39 Å². The van der Waals surface area contributed by atoms with Crippen molar-refractivity contribution in [3.63, 3.8) is 0 Å². The molecule has 4 saturated heterocycles. The topological polar surface area (TPSA) is 96.6 Å². The van der Waals surface area contributed by atoms with E-state index in [1.54, 1.807) is 6.07 Å². The summed E-state index contributed by atoms with van der Waals surface area (Å²) in [6.45, 7) is 8.42. The number of aromatic nitrogens is 4. The van der Waals surface area contributed by atoms with Gasteiger partial charge in [0, 0.05) is 75.7 Å². The van der Waals surface area contributed by atoms with E-state index in [1.807, 2.05) is 29.7 Å². The Kier molecular flexibility index (Phi) is 9.01. The highest BCUT2D eigenvalue weighted by Gasteiger charge is 2.43. The van der Waals surface area contributed by atoms with Crippen LogP contribution in [0, 0.1) is 11.7 Å². The number of anilines is 3. The molecule has 4 aliphatic heterocycles. The summed E-state index contributed by atoms with van der Waals surface area (Å²) in [5, 5.41) is 14.6. The summed E-state index contributed by atoms with van der Waals surface area (Å²) in [6, 6.07) is 15.2. The first-order chi connectivity index (χ1) is 24.0. The van der Waals surface area contributed by atoms with Crippen LogP contribution in [0.15, 0.2) is 67.3 Å². The number of amides is 1. The van der Waals surface area contributed by atoms with E-state index in [0.717, 1.165) is 87.6 Å². The molecule has 5 atom stereocenters. The number of aromatic amines is 2. The smallest absolute Gasteiger partial charge is 0.223 e. The Hall–Kier alpha value is -4.38. The molecule has 0 saturated carbocycles. The number of likely N-dealkylation sites (tertiary alicyclic amines) is 1. The molecule has 0 aliphatic carbocycles. The third-order valence-electron chi connectivity index (χ3n) is 11.7. The second-order valence-corrected chi connectivity index (χ2v) is 14.2. The Bertz CT molecular complexity index is 1690. The summed E-state index contributed by atoms with van der Waals surface area (Å²) in [4.78, 5) is 21.6. The molecule has 10 nitrogen and oxygen atoms in total. The normalized spacial score (nSPS) is 25.6. The van der Waals surface area contributed by atoms with E-state index in [9.17, 15) is 4.79 Å². The first-order valence-corrected chi connectivity index (χ1v) is 18.0. The minimum absolute atomic E-state index is 0.0567. The van der Waals surface area contributed by atoms with Crippen LogP contribution >= 0.6 is 0 Å². The van der Waals surface area contributed by atoms with Crippen LogP contribution in [0.5, 0.6) is 0 Å². The van der Waals surface area contributed by atoms with Gasteiger partial charge in [-0.2, -0.15) is 10.2 Å². The molecule has 4 unspecified atom stereocenters. The number of benzene rings is 2. The van der Waals surface area contributed by atoms with Gasteiger partial charge in [-0.15, -0.1) is 0 Å². The van der Waals surface area contributed by atoms with E-state index in [2.05, 4.69) is 78.4 Å². The molecule has 49 heavy (non-hydrogen) atoms. The summed E-state index contributed by atoms with van der Waals surface area (Å²) < 4.78 is 21.9. The van der Waals surface area contributed by atoms with Crippen molar-refractivity contribution in [3.05, 3.63) is 89.8 Å². The minimum Gasteiger partial charge on any atom is -0.378 e. The van der Waals surface area contributed by atoms with Crippen molar-refractivity contribution in [2.75, 3.05) is 67.2 Å². The maximum atomic E-state index is 16.3. The molecule has 4 aliphatic rings. The highest BCUT2D eigenvalue weighted by atomic mass is 19.1. The van der Waals surface area contributed by atoms with Gasteiger partial charge in [0.25, 0.3) is 0 Å². The lowest BCUT2D eigenvalue weighted by molar-refractivity contribution is -0.129. The zero-order chi connectivity index (χ0) is 33.3. The summed E-state index contributed by atoms with van der Waals surface area (Å²) in [6.07, 6.45) is 12.2. The van der Waals surface area contributed by atoms with Gasteiger partial charge in [-0.1, -0.05) is 30.3 Å². The number of piperidine rings is 2. The van der Waals surface area contributed by atoms with Crippen LogP contribution in [0.25, 0.3) is 0 Å². The second-order valence-electron chi connectivity index (χ2n) is 14.2. The Morgan fingerprint density at radius 1 is 0.878 bits per heavy atom. The number of nitrogens with one attached hydrogen (secondary N) is 2. The van der Waals surface area contributed by atoms with E-state index in [4.69, 9.17) is 4.74 Å². The first kappa shape index (κ1) is 31.9. The van der Waals surface area contributed by atoms with Crippen molar-refractivity contribution < 1.29 is 13.9 Å². The highest BCUT2D eigenvalue weighted by Crippen LogP contribution is 2.45. The van der Waals surface area contributed by atoms with Gasteiger partial charge in [-0.3, -0.25) is 15.0 Å². The van der Waals surface area contributed by atoms with Crippen molar-refractivity contribution in [3.8, 4) is 0 Å². The lowest BCUT2D eigenvalue weighted by Crippen LogP contribution is -2.53. The summed E-state index contributed by atoms with van der Waals surface area (Å²) in [5.41, 5.74) is 6.44. The van der Waals surface area contributed by atoms with Gasteiger partial charge in [0.15, 0.2) is 0 Å². The molecule has 8 rings (SSSR count). The van der Waals surface area contributed by atoms with E-state index >= 15 is 4.39 Å². The fourth-order valence-electron chi connectivity index (χ4n) is 8.98. The number of carbonyl (C=O) groups is 1. The third kappa shape index (κ3) is 6.40. The van der Waals surface area contributed by atoms with Crippen molar-refractivity contribution in [2.45, 2.75) is 62.9 Å². The molecule has 2 aromatic carbocycles. The minimum atomic E-state index is -0.112. The molecular formula is C38H47FN8O2. The van der Waals surface area contributed by atoms with Crippen LogP contribution in [0.2, 0.25) is 0 Å². The SMILES string of the molecule is C[C@@H](c1ccc(C2CCN(c3cn[nH]c3)C(C3CN(c4cn[nH]c4)CCC3c3ccc(N4CCOCC4)cc3F)C2)cc1)N1CCCC1=O. The molecular weight excluding hydrogens is 619 g/mol. The van der Waals surface area contributed by atoms with E-state index in [0.29, 0.717) is 25.6 Å². The van der Waals surface area contributed by atoms with Crippen molar-refractivity contribution >= 4 is 23.0 Å². The summed E-state index contributed by atoms with van der Waals surface area (Å²) in [5.74, 6) is 0.722. The van der Waals surface area contributed by atoms with Crippen molar-refractivity contribution in [1.29, 1.82) is 0 Å². The number of halogens is 1. The standard InChI is InChI=1S/C38H47FN8O2/c1-26(46-12-2-3-38(46)48)27-4-6-28(7-5-27)29-10-14-47(32-23-42-43-24-32)37(19-29)35-25-45(31-21-40-41-22-31)13-11-33(35)34-9-8-30(20-36(34)39)44-15-17-49-18-16-44/h4-9,20-24,26,29,33,35,37H,2-3,10-19,25H2,1H3,(H,40,41)(H,42,43)/t26-,29?,33?,35?,37?/m0/s1. The molecule has 6 heterocycles. The lowest BCUT2D eigenvalue weighted by Gasteiger charge is -2.50. The van der Waals surface area contributed by atoms with Crippen LogP contribution in [-0.2, 0) is 9.53 Å². The predicted molar refractivity (Wildman–Crippen MR) is 189 cm³/mol. The van der Waals surface area contributed by atoms with Crippen molar-refractivity contribution in [2.24, 2.45) is 5.92 Å². The summed E-state index contributed by atoms with van der Waals surface area (Å²) >= 11 is 0. The van der Waals surface area contributed by atoms with Crippen LogP contribution < -0.4 is 14.7 Å². The molecule has 258 valence electrons. The van der Waals surface area contributed by atoms with Gasteiger partial charge in [0.05, 0.1) is 43.0 Å². The Balaban J connectivity index is 1.10. The number of morpholine rings is 1. The van der Waals surface area contributed by atoms with Crippen LogP contribution in [-0.4, -0.2) is 89.7 Å². The molecule has 0 spiro atoms. The monoisotopic (exact) mass is 666 g/mol. The Labute approximate surface area is 287 Å². The molecule has 2 aromatic heterocycles. The number of hydrogen-bond donors (Lipinski definition) is 2. The fraction of sp³-hybridized carbons (Fsp3) is 0.500. The average molecular weight is 667 g/mol. The Morgan fingerprint density at radius 2 is 1.65 bits per heavy atom. The molecule has 1 amide bonds. The molecule has 4 aromatic rings. The highest BCUT2D eigenvalue weighted by molar-refractivity contribution is 5.78. The average Bonchev–Trinajstić information content (AvgIpc) is 3.96. The van der Waals surface area contributed by atoms with E-state index in [1.165, 1.54) is 11.1 Å². The number of rotatable bonds is 8. The van der Waals surface area contributed by atoms with Gasteiger partial charge >= 0.3 is 0 Å². The molecule has 11 heteroatoms. The van der Waals surface area contributed by atoms with Crippen LogP contribution in [0.1, 0.15) is 73.6 Å². The predicted octanol–water partition coefficient (Wildman–Crippen LogP) is 5.85. The third-order valence-corrected chi connectivity index (χ3v) is 11.7. The molecule has 0 radical (unpaired) electrons. The lowest BCUT2D eigenvalue weighted by atomic mass is 9.71. The fourth-order valence-corrected chi connectivity index (χ4v) is 8.98. The zero-order valence-electron chi connectivity index (χ0n) is 28.3. The van der Waals surface area contributed by atoms with E-state index < -0.39 is 0 Å². The quantitative estimate of drug-likeness (QED) is 0.244. The van der Waals surface area contributed by atoms with Crippen molar-refractivity contribution in [1.82, 2.24) is 25.3 Å². The number of H-pyrrole nitrogens is 2. The van der Waals surface area contributed by atoms with Gasteiger partial charge in [0.2, 0.25) is 5.91 Å². The Morgan fingerprint density at radius 3 is 2.35 bits per heavy atom. The number of ether oxygens (including phenoxy) is 1. The number of nitrogens with zero attached hydrogens (tertiary/aromatic N) is 6. The van der Waals surface area contributed by atoms with Crippen LogP contribution in [0.3, 0.4) is 0 Å². The largest absolute Gasteiger partial charge is 0.378 e. The number of hydrogen-bond acceptors (Lipinski definition) is 7. The zero-order valence-corrected chi connectivity index (χ0v) is 28.3. The number of carbonyl (C=O) groups excluding carboxylic acids is 1. The molecule has 0 bridgehead atoms. The van der Waals surface area contributed by atoms with E-state index in [-0.39, 0.29) is 35.6 Å². The van der Waals surface area contributed by atoms with Gasteiger partial charge in [-0.05, 0) is 73.3 Å². The first-order valence-electron chi connectivity index (χ1n) is 18.0. The van der Waals surface area contributed by atoms with Crippen LogP contribution in [0.4, 0.5) is 21.5 Å². The summed E-state index contributed by atoms with van der Waals surface area (Å²) in [7, 11) is 0. The molecule has 4 fully saturated rings. The van der Waals surface area contributed by atoms with Gasteiger partial charge in [0.1, 0.15) is 5.82 Å². The van der Waals surface area contributed by atoms with Gasteiger partial charge < -0.3 is 24.3 Å². The maximum Gasteiger partial charge on any atom is 0.223 e. The maximum absolute atomic E-state index is 16.3.